The van der Waals surface area contributed by atoms with Gasteiger partial charge in [-0.15, -0.1) is 0 Å². The Morgan fingerprint density at radius 2 is 1.61 bits per heavy atom. The van der Waals surface area contributed by atoms with Gasteiger partial charge in [0.25, 0.3) is 15.9 Å². The standard InChI is InChI=1S/C22H29N3O5S/c1-22(2,3)30-21(27)25(4)16-8-15-23-20(26)17-11-13-19(14-12-17)31(28,29)24-18-9-6-5-7-10-18/h5-7,9-14,24H,8,15-16H2,1-4H3,(H,23,26). The van der Waals surface area contributed by atoms with Gasteiger partial charge in [0.05, 0.1) is 4.90 Å². The first-order chi connectivity index (χ1) is 14.5. The second-order valence-electron chi connectivity index (χ2n) is 8.01. The highest BCUT2D eigenvalue weighted by molar-refractivity contribution is 7.92. The molecule has 0 saturated heterocycles. The molecular formula is C22H29N3O5S. The highest BCUT2D eigenvalue weighted by Gasteiger charge is 2.19. The van der Waals surface area contributed by atoms with Crippen LogP contribution >= 0.6 is 0 Å². The molecule has 31 heavy (non-hydrogen) atoms. The number of anilines is 1. The van der Waals surface area contributed by atoms with Crippen molar-refractivity contribution >= 4 is 27.7 Å². The van der Waals surface area contributed by atoms with Gasteiger partial charge in [-0.3, -0.25) is 9.52 Å². The van der Waals surface area contributed by atoms with Gasteiger partial charge in [0.2, 0.25) is 0 Å². The third-order valence-corrected chi connectivity index (χ3v) is 5.51. The fourth-order valence-electron chi connectivity index (χ4n) is 2.56. The van der Waals surface area contributed by atoms with Crippen molar-refractivity contribution in [2.24, 2.45) is 0 Å². The highest BCUT2D eigenvalue weighted by atomic mass is 32.2. The summed E-state index contributed by atoms with van der Waals surface area (Å²) in [6.45, 7) is 6.19. The van der Waals surface area contributed by atoms with E-state index < -0.39 is 21.7 Å². The van der Waals surface area contributed by atoms with Crippen molar-refractivity contribution in [2.45, 2.75) is 37.7 Å². The summed E-state index contributed by atoms with van der Waals surface area (Å²) in [5.74, 6) is -0.320. The summed E-state index contributed by atoms with van der Waals surface area (Å²) in [5.41, 5.74) is 0.246. The molecule has 0 bridgehead atoms. The molecule has 2 amide bonds. The number of nitrogens with one attached hydrogen (secondary N) is 2. The van der Waals surface area contributed by atoms with Crippen molar-refractivity contribution < 1.29 is 22.7 Å². The second-order valence-corrected chi connectivity index (χ2v) is 9.69. The SMILES string of the molecule is CN(CCCNC(=O)c1ccc(S(=O)(=O)Nc2ccccc2)cc1)C(=O)OC(C)(C)C. The minimum atomic E-state index is -3.74. The number of carbonyl (C=O) groups is 2. The van der Waals surface area contributed by atoms with Gasteiger partial charge in [-0.1, -0.05) is 18.2 Å². The molecule has 0 aromatic heterocycles. The van der Waals surface area contributed by atoms with Gasteiger partial charge >= 0.3 is 6.09 Å². The van der Waals surface area contributed by atoms with E-state index in [1.807, 2.05) is 0 Å². The molecule has 0 heterocycles. The van der Waals surface area contributed by atoms with Crippen LogP contribution in [0.1, 0.15) is 37.6 Å². The molecule has 168 valence electrons. The molecule has 0 spiro atoms. The maximum absolute atomic E-state index is 12.4. The zero-order valence-corrected chi connectivity index (χ0v) is 19.0. The van der Waals surface area contributed by atoms with E-state index in [9.17, 15) is 18.0 Å². The summed E-state index contributed by atoms with van der Waals surface area (Å²) < 4.78 is 32.6. The Morgan fingerprint density at radius 3 is 2.19 bits per heavy atom. The van der Waals surface area contributed by atoms with Crippen LogP contribution in [0.25, 0.3) is 0 Å². The van der Waals surface area contributed by atoms with Crippen LogP contribution < -0.4 is 10.0 Å². The van der Waals surface area contributed by atoms with E-state index in [1.54, 1.807) is 58.2 Å². The summed E-state index contributed by atoms with van der Waals surface area (Å²) in [7, 11) is -2.10. The average Bonchev–Trinajstić information content (AvgIpc) is 2.70. The van der Waals surface area contributed by atoms with Crippen molar-refractivity contribution in [3.05, 3.63) is 60.2 Å². The van der Waals surface area contributed by atoms with E-state index in [2.05, 4.69) is 10.0 Å². The molecule has 9 heteroatoms. The predicted molar refractivity (Wildman–Crippen MR) is 120 cm³/mol. The molecule has 0 unspecified atom stereocenters. The number of carbonyl (C=O) groups excluding carboxylic acids is 2. The van der Waals surface area contributed by atoms with Gasteiger partial charge in [0.15, 0.2) is 0 Å². The fourth-order valence-corrected chi connectivity index (χ4v) is 3.62. The van der Waals surface area contributed by atoms with E-state index in [4.69, 9.17) is 4.74 Å². The average molecular weight is 448 g/mol. The third kappa shape index (κ3) is 7.93. The van der Waals surface area contributed by atoms with Crippen LogP contribution in [0.15, 0.2) is 59.5 Å². The van der Waals surface area contributed by atoms with E-state index in [1.165, 1.54) is 29.2 Å². The van der Waals surface area contributed by atoms with Crippen LogP contribution in [0, 0.1) is 0 Å². The number of ether oxygens (including phenoxy) is 1. The van der Waals surface area contributed by atoms with Crippen LogP contribution in [0.5, 0.6) is 0 Å². The number of hydrogen-bond donors (Lipinski definition) is 2. The Morgan fingerprint density at radius 1 is 1.00 bits per heavy atom. The Hall–Kier alpha value is -3.07. The minimum absolute atomic E-state index is 0.0619. The van der Waals surface area contributed by atoms with Gasteiger partial charge in [-0.2, -0.15) is 0 Å². The van der Waals surface area contributed by atoms with Crippen LogP contribution in [-0.2, 0) is 14.8 Å². The smallest absolute Gasteiger partial charge is 0.410 e. The van der Waals surface area contributed by atoms with Gasteiger partial charge in [-0.05, 0) is 63.6 Å². The molecule has 0 atom stereocenters. The fraction of sp³-hybridized carbons (Fsp3) is 0.364. The summed E-state index contributed by atoms with van der Waals surface area (Å²) in [6, 6.07) is 14.3. The predicted octanol–water partition coefficient (Wildman–Crippen LogP) is 3.47. The normalized spacial score (nSPS) is 11.5. The molecule has 2 N–H and O–H groups in total. The molecule has 0 saturated carbocycles. The number of hydrogen-bond acceptors (Lipinski definition) is 5. The summed E-state index contributed by atoms with van der Waals surface area (Å²) >= 11 is 0. The van der Waals surface area contributed by atoms with E-state index >= 15 is 0 Å². The zero-order valence-electron chi connectivity index (χ0n) is 18.2. The Bertz CT molecular complexity index is 984. The summed E-state index contributed by atoms with van der Waals surface area (Å²) in [4.78, 5) is 25.7. The summed E-state index contributed by atoms with van der Waals surface area (Å²) in [6.07, 6.45) is 0.134. The van der Waals surface area contributed by atoms with Gasteiger partial charge in [0, 0.05) is 31.4 Å². The maximum atomic E-state index is 12.4. The molecule has 2 aromatic rings. The molecule has 0 aliphatic rings. The van der Waals surface area contributed by atoms with Crippen molar-refractivity contribution in [1.82, 2.24) is 10.2 Å². The number of para-hydroxylation sites is 1. The minimum Gasteiger partial charge on any atom is -0.444 e. The van der Waals surface area contributed by atoms with Crippen molar-refractivity contribution in [3.8, 4) is 0 Å². The maximum Gasteiger partial charge on any atom is 0.410 e. The first-order valence-electron chi connectivity index (χ1n) is 9.88. The second kappa shape index (κ2) is 10.3. The molecule has 2 aromatic carbocycles. The van der Waals surface area contributed by atoms with Crippen LogP contribution in [0.3, 0.4) is 0 Å². The molecule has 0 radical (unpaired) electrons. The van der Waals surface area contributed by atoms with Gasteiger partial charge in [0.1, 0.15) is 5.60 Å². The zero-order chi connectivity index (χ0) is 23.1. The van der Waals surface area contributed by atoms with Gasteiger partial charge in [-0.25, -0.2) is 13.2 Å². The lowest BCUT2D eigenvalue weighted by Crippen LogP contribution is -2.36. The number of benzene rings is 2. The lowest BCUT2D eigenvalue weighted by atomic mass is 10.2. The van der Waals surface area contributed by atoms with E-state index in [0.717, 1.165) is 0 Å². The number of amides is 2. The monoisotopic (exact) mass is 447 g/mol. The van der Waals surface area contributed by atoms with Crippen LogP contribution in [0.2, 0.25) is 0 Å². The number of sulfonamides is 1. The van der Waals surface area contributed by atoms with E-state index in [0.29, 0.717) is 30.8 Å². The van der Waals surface area contributed by atoms with Crippen LogP contribution in [0.4, 0.5) is 10.5 Å². The van der Waals surface area contributed by atoms with Crippen molar-refractivity contribution in [2.75, 3.05) is 24.9 Å². The number of nitrogens with zero attached hydrogens (tertiary/aromatic N) is 1. The first kappa shape index (κ1) is 24.2. The Labute approximate surface area is 183 Å². The highest BCUT2D eigenvalue weighted by Crippen LogP contribution is 2.16. The topological polar surface area (TPSA) is 105 Å². The molecular weight excluding hydrogens is 418 g/mol. The molecule has 2 rings (SSSR count). The molecule has 0 aliphatic carbocycles. The lowest BCUT2D eigenvalue weighted by Gasteiger charge is -2.24. The first-order valence-corrected chi connectivity index (χ1v) is 11.4. The summed E-state index contributed by atoms with van der Waals surface area (Å²) in [5, 5.41) is 2.76. The van der Waals surface area contributed by atoms with Gasteiger partial charge < -0.3 is 15.0 Å². The van der Waals surface area contributed by atoms with Crippen LogP contribution in [-0.4, -0.2) is 51.1 Å². The number of rotatable bonds is 8. The largest absolute Gasteiger partial charge is 0.444 e. The van der Waals surface area contributed by atoms with E-state index in [-0.39, 0.29) is 10.8 Å². The molecule has 0 fully saturated rings. The van der Waals surface area contributed by atoms with Crippen molar-refractivity contribution in [3.63, 3.8) is 0 Å². The quantitative estimate of drug-likeness (QED) is 0.603. The lowest BCUT2D eigenvalue weighted by molar-refractivity contribution is 0.0297. The Kier molecular flexibility index (Phi) is 8.04. The molecule has 8 nitrogen and oxygen atoms in total. The van der Waals surface area contributed by atoms with Crippen molar-refractivity contribution in [1.29, 1.82) is 0 Å². The Balaban J connectivity index is 1.83. The molecule has 0 aliphatic heterocycles. The third-order valence-electron chi connectivity index (χ3n) is 4.11.